The molecule has 9 nitrogen and oxygen atoms in total. The number of nitrogens with zero attached hydrogens (tertiary/aromatic N) is 3. The molecule has 1 N–H and O–H groups in total. The number of amides is 1. The molecule has 1 fully saturated rings. The molecule has 1 amide bonds. The molecular weight excluding hydrogens is 348 g/mol. The van der Waals surface area contributed by atoms with Crippen molar-refractivity contribution in [3.63, 3.8) is 0 Å². The van der Waals surface area contributed by atoms with E-state index in [4.69, 9.17) is 4.42 Å². The number of benzene rings is 1. The van der Waals surface area contributed by atoms with Crippen LogP contribution in [0.2, 0.25) is 0 Å². The summed E-state index contributed by atoms with van der Waals surface area (Å²) in [6, 6.07) is 3.81. The van der Waals surface area contributed by atoms with E-state index >= 15 is 0 Å². The van der Waals surface area contributed by atoms with E-state index in [9.17, 15) is 19.7 Å². The van der Waals surface area contributed by atoms with Crippen molar-refractivity contribution < 1.29 is 14.1 Å². The van der Waals surface area contributed by atoms with Crippen LogP contribution in [0.3, 0.4) is 0 Å². The summed E-state index contributed by atoms with van der Waals surface area (Å²) in [5.74, 6) is -0.665. The number of rotatable bonds is 5. The van der Waals surface area contributed by atoms with Crippen LogP contribution in [-0.2, 0) is 11.3 Å². The van der Waals surface area contributed by atoms with Crippen molar-refractivity contribution in [2.75, 3.05) is 5.32 Å². The van der Waals surface area contributed by atoms with Gasteiger partial charge in [-0.25, -0.2) is 9.78 Å². The van der Waals surface area contributed by atoms with Gasteiger partial charge in [0.25, 0.3) is 5.69 Å². The fourth-order valence-corrected chi connectivity index (χ4v) is 3.34. The topological polar surface area (TPSA) is 120 Å². The van der Waals surface area contributed by atoms with Gasteiger partial charge in [-0.1, -0.05) is 0 Å². The summed E-state index contributed by atoms with van der Waals surface area (Å²) in [4.78, 5) is 38.7. The molecule has 0 aliphatic heterocycles. The number of nitro benzene ring substituents is 1. The molecule has 10 heteroatoms. The number of non-ortho nitro benzene ring substituents is 1. The van der Waals surface area contributed by atoms with Gasteiger partial charge < -0.3 is 9.73 Å². The number of nitrogens with one attached hydrogen (secondary N) is 1. The van der Waals surface area contributed by atoms with Crippen molar-refractivity contribution in [1.82, 2.24) is 9.55 Å². The van der Waals surface area contributed by atoms with Gasteiger partial charge in [0.15, 0.2) is 10.7 Å². The van der Waals surface area contributed by atoms with Gasteiger partial charge >= 0.3 is 5.76 Å². The predicted octanol–water partition coefficient (Wildman–Crippen LogP) is 2.48. The first-order chi connectivity index (χ1) is 12.0. The Bertz CT molecular complexity index is 1050. The maximum Gasteiger partial charge on any atom is 0.420 e. The standard InChI is InChI=1S/C15H12N4O5S/c20-13(17-14-16-10(7-25-14)8-1-2-8)6-18-11-4-3-9(19(22)23)5-12(11)24-15(18)21/h3-5,7-8H,1-2,6H2,(H,16,17,20). The van der Waals surface area contributed by atoms with E-state index in [2.05, 4.69) is 10.3 Å². The van der Waals surface area contributed by atoms with Crippen LogP contribution < -0.4 is 11.1 Å². The molecule has 3 aromatic rings. The van der Waals surface area contributed by atoms with Gasteiger partial charge in [0.2, 0.25) is 5.91 Å². The number of anilines is 1. The molecule has 1 aliphatic rings. The smallest absolute Gasteiger partial charge is 0.407 e. The Labute approximate surface area is 144 Å². The highest BCUT2D eigenvalue weighted by molar-refractivity contribution is 7.13. The molecule has 25 heavy (non-hydrogen) atoms. The van der Waals surface area contributed by atoms with Gasteiger partial charge in [0, 0.05) is 17.4 Å². The number of aromatic nitrogens is 2. The second-order valence-corrected chi connectivity index (χ2v) is 6.62. The Morgan fingerprint density at radius 3 is 3.00 bits per heavy atom. The van der Waals surface area contributed by atoms with Crippen LogP contribution in [0.15, 0.2) is 32.8 Å². The molecule has 0 unspecified atom stereocenters. The van der Waals surface area contributed by atoms with Gasteiger partial charge in [-0.15, -0.1) is 11.3 Å². The van der Waals surface area contributed by atoms with E-state index in [0.29, 0.717) is 16.6 Å². The first-order valence-electron chi connectivity index (χ1n) is 7.54. The predicted molar refractivity (Wildman–Crippen MR) is 89.8 cm³/mol. The lowest BCUT2D eigenvalue weighted by molar-refractivity contribution is -0.384. The minimum atomic E-state index is -0.747. The number of carbonyl (C=O) groups excluding carboxylic acids is 1. The zero-order chi connectivity index (χ0) is 17.6. The van der Waals surface area contributed by atoms with Gasteiger partial charge in [0.1, 0.15) is 6.54 Å². The Morgan fingerprint density at radius 1 is 1.48 bits per heavy atom. The number of oxazole rings is 1. The van der Waals surface area contributed by atoms with Crippen molar-refractivity contribution in [3.8, 4) is 0 Å². The third-order valence-electron chi connectivity index (χ3n) is 3.93. The van der Waals surface area contributed by atoms with E-state index in [1.165, 1.54) is 23.5 Å². The highest BCUT2D eigenvalue weighted by Gasteiger charge is 2.26. The number of hydrogen-bond acceptors (Lipinski definition) is 7. The Balaban J connectivity index is 1.54. The molecule has 4 rings (SSSR count). The minimum Gasteiger partial charge on any atom is -0.407 e. The van der Waals surface area contributed by atoms with E-state index in [0.717, 1.165) is 29.2 Å². The van der Waals surface area contributed by atoms with Crippen LogP contribution >= 0.6 is 11.3 Å². The lowest BCUT2D eigenvalue weighted by atomic mass is 10.3. The average Bonchev–Trinajstić information content (AvgIpc) is 3.25. The molecule has 1 saturated carbocycles. The van der Waals surface area contributed by atoms with Crippen molar-refractivity contribution in [1.29, 1.82) is 0 Å². The Kier molecular flexibility index (Phi) is 3.61. The highest BCUT2D eigenvalue weighted by Crippen LogP contribution is 2.40. The second kappa shape index (κ2) is 5.81. The number of carbonyl (C=O) groups is 1. The maximum absolute atomic E-state index is 12.2. The molecule has 1 aliphatic carbocycles. The van der Waals surface area contributed by atoms with Crippen LogP contribution in [0.4, 0.5) is 10.8 Å². The molecule has 2 aromatic heterocycles. The van der Waals surface area contributed by atoms with Gasteiger partial charge in [0.05, 0.1) is 22.2 Å². The normalized spacial score (nSPS) is 13.9. The van der Waals surface area contributed by atoms with Crippen molar-refractivity contribution in [3.05, 3.63) is 49.9 Å². The first-order valence-corrected chi connectivity index (χ1v) is 8.42. The quantitative estimate of drug-likeness (QED) is 0.551. The van der Waals surface area contributed by atoms with Gasteiger partial charge in [-0.2, -0.15) is 0 Å². The summed E-state index contributed by atoms with van der Waals surface area (Å²) in [6.07, 6.45) is 2.25. The molecule has 128 valence electrons. The Hall–Kier alpha value is -3.01. The molecule has 2 heterocycles. The third-order valence-corrected chi connectivity index (χ3v) is 4.70. The molecular formula is C15H12N4O5S. The first kappa shape index (κ1) is 15.5. The summed E-state index contributed by atoms with van der Waals surface area (Å²) >= 11 is 1.34. The average molecular weight is 360 g/mol. The van der Waals surface area contributed by atoms with Crippen LogP contribution in [0.25, 0.3) is 11.1 Å². The van der Waals surface area contributed by atoms with Crippen molar-refractivity contribution in [2.45, 2.75) is 25.3 Å². The highest BCUT2D eigenvalue weighted by atomic mass is 32.1. The minimum absolute atomic E-state index is 0.0669. The summed E-state index contributed by atoms with van der Waals surface area (Å²) < 4.78 is 6.12. The Morgan fingerprint density at radius 2 is 2.28 bits per heavy atom. The summed E-state index contributed by atoms with van der Waals surface area (Å²) in [6.45, 7) is -0.262. The largest absolute Gasteiger partial charge is 0.420 e. The second-order valence-electron chi connectivity index (χ2n) is 5.76. The van der Waals surface area contributed by atoms with Crippen LogP contribution in [0, 0.1) is 10.1 Å². The zero-order valence-electron chi connectivity index (χ0n) is 12.8. The third kappa shape index (κ3) is 3.03. The van der Waals surface area contributed by atoms with Crippen LogP contribution in [0.5, 0.6) is 0 Å². The SMILES string of the molecule is O=C(Cn1c(=O)oc2cc([N+](=O)[O-])ccc21)Nc1nc(C2CC2)cs1. The van der Waals surface area contributed by atoms with Crippen LogP contribution in [-0.4, -0.2) is 20.4 Å². The summed E-state index contributed by atoms with van der Waals surface area (Å²) in [5, 5.41) is 15.9. The molecule has 0 atom stereocenters. The lowest BCUT2D eigenvalue weighted by Crippen LogP contribution is -2.24. The van der Waals surface area contributed by atoms with Crippen molar-refractivity contribution >= 4 is 39.2 Å². The van der Waals surface area contributed by atoms with Crippen LogP contribution in [0.1, 0.15) is 24.5 Å². The monoisotopic (exact) mass is 360 g/mol. The van der Waals surface area contributed by atoms with E-state index in [-0.39, 0.29) is 17.8 Å². The fourth-order valence-electron chi connectivity index (χ4n) is 2.53. The van der Waals surface area contributed by atoms with E-state index < -0.39 is 16.6 Å². The zero-order valence-corrected chi connectivity index (χ0v) is 13.6. The molecule has 0 spiro atoms. The number of fused-ring (bicyclic) bond motifs is 1. The fraction of sp³-hybridized carbons (Fsp3) is 0.267. The molecule has 0 radical (unpaired) electrons. The lowest BCUT2D eigenvalue weighted by Gasteiger charge is -2.02. The van der Waals surface area contributed by atoms with E-state index in [1.807, 2.05) is 5.38 Å². The van der Waals surface area contributed by atoms with Gasteiger partial charge in [-0.05, 0) is 18.9 Å². The summed E-state index contributed by atoms with van der Waals surface area (Å²) in [5.41, 5.74) is 1.19. The van der Waals surface area contributed by atoms with Gasteiger partial charge in [-0.3, -0.25) is 19.5 Å². The van der Waals surface area contributed by atoms with Crippen molar-refractivity contribution in [2.24, 2.45) is 0 Å². The number of hydrogen-bond donors (Lipinski definition) is 1. The maximum atomic E-state index is 12.2. The van der Waals surface area contributed by atoms with E-state index in [1.54, 1.807) is 0 Å². The molecule has 1 aromatic carbocycles. The number of thiazole rings is 1. The number of nitro groups is 1. The molecule has 0 saturated heterocycles. The summed E-state index contributed by atoms with van der Waals surface area (Å²) in [7, 11) is 0. The molecule has 0 bridgehead atoms.